The molecule has 4 aromatic rings. The van der Waals surface area contributed by atoms with Gasteiger partial charge in [-0.05, 0) is 60.7 Å². The van der Waals surface area contributed by atoms with Crippen LogP contribution in [0.4, 0.5) is 0 Å². The lowest BCUT2D eigenvalue weighted by molar-refractivity contribution is 0.279. The number of imidazole rings is 1. The number of rotatable bonds is 11. The van der Waals surface area contributed by atoms with E-state index in [1.165, 1.54) is 5.56 Å². The molecule has 0 amide bonds. The molecule has 0 aliphatic heterocycles. The van der Waals surface area contributed by atoms with Gasteiger partial charge in [-0.25, -0.2) is 4.98 Å². The molecule has 0 saturated heterocycles. The van der Waals surface area contributed by atoms with E-state index in [1.54, 1.807) is 7.11 Å². The van der Waals surface area contributed by atoms with Gasteiger partial charge >= 0.3 is 0 Å². The van der Waals surface area contributed by atoms with E-state index in [-0.39, 0.29) is 0 Å². The maximum Gasteiger partial charge on any atom is 0.147 e. The molecular formula is C28H32N2O3. The number of methoxy groups -OCH3 is 1. The highest BCUT2D eigenvalue weighted by atomic mass is 16.5. The van der Waals surface area contributed by atoms with Gasteiger partial charge in [0.15, 0.2) is 0 Å². The molecule has 1 heterocycles. The zero-order chi connectivity index (χ0) is 23.0. The largest absolute Gasteiger partial charge is 0.497 e. The minimum atomic E-state index is 0.389. The zero-order valence-electron chi connectivity index (χ0n) is 19.7. The van der Waals surface area contributed by atoms with Gasteiger partial charge in [0.25, 0.3) is 0 Å². The van der Waals surface area contributed by atoms with E-state index in [0.717, 1.165) is 53.5 Å². The lowest BCUT2D eigenvalue weighted by atomic mass is 9.99. The summed E-state index contributed by atoms with van der Waals surface area (Å²) < 4.78 is 19.5. The number of aromatic nitrogens is 2. The summed E-state index contributed by atoms with van der Waals surface area (Å²) in [7, 11) is 1.65. The van der Waals surface area contributed by atoms with Crippen molar-refractivity contribution in [3.05, 3.63) is 84.2 Å². The summed E-state index contributed by atoms with van der Waals surface area (Å²) in [5.74, 6) is 3.93. The quantitative estimate of drug-likeness (QED) is 0.244. The minimum absolute atomic E-state index is 0.389. The average Bonchev–Trinajstić information content (AvgIpc) is 3.22. The molecule has 1 aromatic heterocycles. The summed E-state index contributed by atoms with van der Waals surface area (Å²) in [6, 6.07) is 24.3. The van der Waals surface area contributed by atoms with Crippen molar-refractivity contribution in [2.45, 2.75) is 45.8 Å². The molecule has 0 N–H and O–H groups in total. The fourth-order valence-electron chi connectivity index (χ4n) is 3.86. The molecule has 0 spiro atoms. The fraction of sp³-hybridized carbons (Fsp3) is 0.321. The highest BCUT2D eigenvalue weighted by Gasteiger charge is 2.11. The second kappa shape index (κ2) is 10.9. The fourth-order valence-corrected chi connectivity index (χ4v) is 3.86. The highest BCUT2D eigenvalue weighted by Crippen LogP contribution is 2.23. The Kier molecular flexibility index (Phi) is 7.51. The lowest BCUT2D eigenvalue weighted by Gasteiger charge is -2.13. The van der Waals surface area contributed by atoms with Crippen molar-refractivity contribution >= 4 is 11.0 Å². The second-order valence-electron chi connectivity index (χ2n) is 8.22. The molecule has 4 rings (SSSR count). The van der Waals surface area contributed by atoms with Gasteiger partial charge in [-0.3, -0.25) is 0 Å². The first-order valence-corrected chi connectivity index (χ1v) is 11.6. The number of hydrogen-bond acceptors (Lipinski definition) is 4. The molecule has 1 unspecified atom stereocenters. The molecule has 0 aliphatic rings. The van der Waals surface area contributed by atoms with Crippen molar-refractivity contribution in [3.63, 3.8) is 0 Å². The Morgan fingerprint density at radius 2 is 1.67 bits per heavy atom. The van der Waals surface area contributed by atoms with Crippen molar-refractivity contribution < 1.29 is 14.2 Å². The molecule has 33 heavy (non-hydrogen) atoms. The lowest BCUT2D eigenvalue weighted by Crippen LogP contribution is -2.10. The van der Waals surface area contributed by atoms with Crippen LogP contribution >= 0.6 is 0 Å². The van der Waals surface area contributed by atoms with Gasteiger partial charge in [0.05, 0.1) is 24.8 Å². The molecule has 0 radical (unpaired) electrons. The van der Waals surface area contributed by atoms with Gasteiger partial charge in [-0.2, -0.15) is 0 Å². The van der Waals surface area contributed by atoms with Crippen LogP contribution < -0.4 is 14.2 Å². The van der Waals surface area contributed by atoms with E-state index in [2.05, 4.69) is 48.7 Å². The summed E-state index contributed by atoms with van der Waals surface area (Å²) in [6.45, 7) is 6.30. The summed E-state index contributed by atoms with van der Waals surface area (Å²) in [5.41, 5.74) is 3.44. The monoisotopic (exact) mass is 444 g/mol. The average molecular weight is 445 g/mol. The zero-order valence-corrected chi connectivity index (χ0v) is 19.7. The maximum atomic E-state index is 6.03. The standard InChI is InChI=1S/C28H32N2O3/c1-4-21(2)22-13-15-23(16-14-22)32-18-8-17-30-27-12-6-5-11-26(27)29-28(30)20-33-25-10-7-9-24(19-25)31-3/h5-7,9-16,19,21H,4,8,17-18,20H2,1-3H3. The van der Waals surface area contributed by atoms with Gasteiger partial charge < -0.3 is 18.8 Å². The van der Waals surface area contributed by atoms with Crippen LogP contribution in [0, 0.1) is 0 Å². The van der Waals surface area contributed by atoms with Gasteiger partial charge in [0.1, 0.15) is 29.7 Å². The Bertz CT molecular complexity index is 1170. The number of para-hydroxylation sites is 2. The summed E-state index contributed by atoms with van der Waals surface area (Å²) in [5, 5.41) is 0. The number of nitrogens with zero attached hydrogens (tertiary/aromatic N) is 2. The van der Waals surface area contributed by atoms with E-state index in [4.69, 9.17) is 19.2 Å². The van der Waals surface area contributed by atoms with Gasteiger partial charge in [-0.15, -0.1) is 0 Å². The first-order valence-electron chi connectivity index (χ1n) is 11.6. The van der Waals surface area contributed by atoms with Crippen LogP contribution in [-0.4, -0.2) is 23.3 Å². The van der Waals surface area contributed by atoms with E-state index in [0.29, 0.717) is 19.1 Å². The Labute approximate surface area is 195 Å². The van der Waals surface area contributed by atoms with E-state index < -0.39 is 0 Å². The molecule has 5 heteroatoms. The Morgan fingerprint density at radius 1 is 0.879 bits per heavy atom. The van der Waals surface area contributed by atoms with Crippen molar-refractivity contribution in [2.75, 3.05) is 13.7 Å². The van der Waals surface area contributed by atoms with Crippen LogP contribution in [0.25, 0.3) is 11.0 Å². The van der Waals surface area contributed by atoms with E-state index in [1.807, 2.05) is 42.5 Å². The molecule has 1 atom stereocenters. The van der Waals surface area contributed by atoms with Crippen molar-refractivity contribution in [1.82, 2.24) is 9.55 Å². The summed E-state index contributed by atoms with van der Waals surface area (Å²) in [4.78, 5) is 4.81. The van der Waals surface area contributed by atoms with Crippen LogP contribution in [0.1, 0.15) is 44.0 Å². The molecule has 0 saturated carbocycles. The van der Waals surface area contributed by atoms with Crippen molar-refractivity contribution in [3.8, 4) is 17.2 Å². The molecule has 172 valence electrons. The number of hydrogen-bond donors (Lipinski definition) is 0. The maximum absolute atomic E-state index is 6.03. The molecule has 0 aliphatic carbocycles. The van der Waals surface area contributed by atoms with E-state index >= 15 is 0 Å². The van der Waals surface area contributed by atoms with Gasteiger partial charge in [0.2, 0.25) is 0 Å². The normalized spacial score (nSPS) is 12.0. The Hall–Kier alpha value is -3.47. The molecule has 0 bridgehead atoms. The number of ether oxygens (including phenoxy) is 3. The topological polar surface area (TPSA) is 45.5 Å². The van der Waals surface area contributed by atoms with Gasteiger partial charge in [-0.1, -0.05) is 44.2 Å². The second-order valence-corrected chi connectivity index (χ2v) is 8.22. The first kappa shape index (κ1) is 22.7. The highest BCUT2D eigenvalue weighted by molar-refractivity contribution is 5.75. The predicted octanol–water partition coefficient (Wildman–Crippen LogP) is 6.61. The van der Waals surface area contributed by atoms with Crippen LogP contribution in [-0.2, 0) is 13.2 Å². The van der Waals surface area contributed by atoms with Crippen molar-refractivity contribution in [1.29, 1.82) is 0 Å². The third-order valence-corrected chi connectivity index (χ3v) is 6.00. The minimum Gasteiger partial charge on any atom is -0.497 e. The van der Waals surface area contributed by atoms with Crippen LogP contribution in [0.15, 0.2) is 72.8 Å². The molecule has 0 fully saturated rings. The molecular weight excluding hydrogens is 412 g/mol. The number of benzene rings is 3. The first-order chi connectivity index (χ1) is 16.2. The Balaban J connectivity index is 1.39. The van der Waals surface area contributed by atoms with E-state index in [9.17, 15) is 0 Å². The Morgan fingerprint density at radius 3 is 2.45 bits per heavy atom. The van der Waals surface area contributed by atoms with Gasteiger partial charge in [0, 0.05) is 12.6 Å². The predicted molar refractivity (Wildman–Crippen MR) is 132 cm³/mol. The molecule has 3 aromatic carbocycles. The number of fused-ring (bicyclic) bond motifs is 1. The van der Waals surface area contributed by atoms with Crippen molar-refractivity contribution in [2.24, 2.45) is 0 Å². The third-order valence-electron chi connectivity index (χ3n) is 6.00. The summed E-state index contributed by atoms with van der Waals surface area (Å²) >= 11 is 0. The van der Waals surface area contributed by atoms with Crippen LogP contribution in [0.2, 0.25) is 0 Å². The molecule has 5 nitrogen and oxygen atoms in total. The third kappa shape index (κ3) is 5.67. The number of aryl methyl sites for hydroxylation is 1. The smallest absolute Gasteiger partial charge is 0.147 e. The van der Waals surface area contributed by atoms with Crippen LogP contribution in [0.3, 0.4) is 0 Å². The summed E-state index contributed by atoms with van der Waals surface area (Å²) in [6.07, 6.45) is 2.02. The SMILES string of the molecule is CCC(C)c1ccc(OCCCn2c(COc3cccc(OC)c3)nc3ccccc32)cc1. The van der Waals surface area contributed by atoms with Crippen LogP contribution in [0.5, 0.6) is 17.2 Å².